The first-order valence-corrected chi connectivity index (χ1v) is 9.89. The van der Waals surface area contributed by atoms with Gasteiger partial charge in [-0.15, -0.1) is 0 Å². The number of ether oxygens (including phenoxy) is 1. The van der Waals surface area contributed by atoms with Crippen molar-refractivity contribution in [1.29, 1.82) is 0 Å². The lowest BCUT2D eigenvalue weighted by molar-refractivity contribution is -0.119. The van der Waals surface area contributed by atoms with Crippen molar-refractivity contribution >= 4 is 29.3 Å². The summed E-state index contributed by atoms with van der Waals surface area (Å²) in [5.41, 5.74) is 0.562. The van der Waals surface area contributed by atoms with Crippen molar-refractivity contribution in [1.82, 2.24) is 10.5 Å². The van der Waals surface area contributed by atoms with Gasteiger partial charge in [0.15, 0.2) is 5.78 Å². The number of aromatic nitrogens is 1. The smallest absolute Gasteiger partial charge is 0.414 e. The van der Waals surface area contributed by atoms with E-state index < -0.39 is 35.5 Å². The van der Waals surface area contributed by atoms with Gasteiger partial charge in [0.1, 0.15) is 11.9 Å². The van der Waals surface area contributed by atoms with Gasteiger partial charge in [0.25, 0.3) is 0 Å². The zero-order chi connectivity index (χ0) is 22.1. The van der Waals surface area contributed by atoms with Crippen LogP contribution in [-0.2, 0) is 16.0 Å². The molecular weight excluding hydrogens is 409 g/mol. The molecule has 1 aromatic heterocycles. The summed E-state index contributed by atoms with van der Waals surface area (Å²) in [4.78, 5) is 50.2. The third kappa shape index (κ3) is 4.05. The molecule has 0 spiro atoms. The second kappa shape index (κ2) is 8.29. The number of ketones is 2. The Balaban J connectivity index is 1.59. The fraction of sp³-hybridized carbons (Fsp3) is 0.381. The third-order valence-electron chi connectivity index (χ3n) is 5.42. The number of benzene rings is 1. The van der Waals surface area contributed by atoms with Crippen LogP contribution in [0, 0.1) is 11.7 Å². The normalized spacial score (nSPS) is 20.8. The minimum atomic E-state index is -1.05. The van der Waals surface area contributed by atoms with Gasteiger partial charge < -0.3 is 14.6 Å². The molecular formula is C21H20FN3O6. The van der Waals surface area contributed by atoms with Gasteiger partial charge in [-0.1, -0.05) is 5.16 Å². The van der Waals surface area contributed by atoms with E-state index in [2.05, 4.69) is 10.5 Å². The van der Waals surface area contributed by atoms with E-state index in [-0.39, 0.29) is 42.4 Å². The number of carbonyl (C=O) groups is 4. The third-order valence-corrected chi connectivity index (χ3v) is 5.42. The topological polar surface area (TPSA) is 119 Å². The maximum atomic E-state index is 15.1. The molecule has 1 aliphatic carbocycles. The number of halogens is 1. The quantitative estimate of drug-likeness (QED) is 0.440. The van der Waals surface area contributed by atoms with Crippen LogP contribution in [-0.4, -0.2) is 47.9 Å². The molecule has 2 aromatic rings. The van der Waals surface area contributed by atoms with Crippen molar-refractivity contribution in [2.75, 3.05) is 18.0 Å². The van der Waals surface area contributed by atoms with Crippen molar-refractivity contribution in [3.8, 4) is 0 Å². The van der Waals surface area contributed by atoms with Crippen molar-refractivity contribution in [2.45, 2.75) is 32.3 Å². The molecule has 10 heteroatoms. The highest BCUT2D eigenvalue weighted by Crippen LogP contribution is 2.33. The van der Waals surface area contributed by atoms with E-state index in [4.69, 9.17) is 9.26 Å². The Morgan fingerprint density at radius 3 is 2.84 bits per heavy atom. The molecule has 1 aromatic carbocycles. The molecule has 1 aliphatic heterocycles. The maximum Gasteiger partial charge on any atom is 0.414 e. The fourth-order valence-corrected chi connectivity index (χ4v) is 3.94. The minimum Gasteiger partial charge on any atom is -0.442 e. The average molecular weight is 429 g/mol. The molecule has 4 rings (SSSR count). The molecule has 0 radical (unpaired) electrons. The monoisotopic (exact) mass is 429 g/mol. The van der Waals surface area contributed by atoms with Gasteiger partial charge in [0, 0.05) is 13.0 Å². The molecule has 9 nitrogen and oxygen atoms in total. The van der Waals surface area contributed by atoms with Crippen LogP contribution in [0.2, 0.25) is 0 Å². The lowest BCUT2D eigenvalue weighted by atomic mass is 9.90. The van der Waals surface area contributed by atoms with Crippen LogP contribution in [0.4, 0.5) is 14.9 Å². The van der Waals surface area contributed by atoms with Gasteiger partial charge in [-0.05, 0) is 37.0 Å². The number of Topliss-reactive ketones (excluding diaryl/α,β-unsaturated/α-hetero) is 2. The second-order valence-electron chi connectivity index (χ2n) is 7.57. The number of rotatable bonds is 5. The summed E-state index contributed by atoms with van der Waals surface area (Å²) >= 11 is 0. The SMILES string of the molecule is CC(=O)NC[C@H]1CN(c2cc(F)c3c(c2)CCCC(C(=O)c2ccno2)C3=O)C(=O)O1. The van der Waals surface area contributed by atoms with Crippen LogP contribution in [0.5, 0.6) is 0 Å². The summed E-state index contributed by atoms with van der Waals surface area (Å²) in [6.45, 7) is 1.64. The zero-order valence-electron chi connectivity index (χ0n) is 16.7. The van der Waals surface area contributed by atoms with Gasteiger partial charge in [-0.2, -0.15) is 0 Å². The standard InChI is InChI=1S/C21H20FN3O6/c1-11(26)23-9-14-10-25(21(29)30-14)13-7-12-3-2-4-15(19(27)17-5-6-24-31-17)20(28)18(12)16(22)8-13/h5-8,14-15H,2-4,9-10H2,1H3,(H,23,26)/t14-,15?/m0/s1. The van der Waals surface area contributed by atoms with Crippen LogP contribution in [0.25, 0.3) is 0 Å². The van der Waals surface area contributed by atoms with Crippen molar-refractivity contribution in [3.05, 3.63) is 47.1 Å². The maximum absolute atomic E-state index is 15.1. The predicted molar refractivity (Wildman–Crippen MR) is 104 cm³/mol. The van der Waals surface area contributed by atoms with Gasteiger partial charge >= 0.3 is 6.09 Å². The molecule has 2 aliphatic rings. The van der Waals surface area contributed by atoms with Gasteiger partial charge in [-0.3, -0.25) is 19.3 Å². The Kier molecular flexibility index (Phi) is 5.53. The Hall–Kier alpha value is -3.56. The number of nitrogens with one attached hydrogen (secondary N) is 1. The summed E-state index contributed by atoms with van der Waals surface area (Å²) in [6.07, 6.45) is 1.21. The van der Waals surface area contributed by atoms with E-state index >= 15 is 4.39 Å². The van der Waals surface area contributed by atoms with Crippen LogP contribution in [0.15, 0.2) is 28.9 Å². The first kappa shape index (κ1) is 20.7. The summed E-state index contributed by atoms with van der Waals surface area (Å²) in [6, 6.07) is 4.05. The number of amides is 2. The van der Waals surface area contributed by atoms with Crippen LogP contribution < -0.4 is 10.2 Å². The molecule has 162 valence electrons. The Morgan fingerprint density at radius 1 is 1.32 bits per heavy atom. The first-order valence-electron chi connectivity index (χ1n) is 9.89. The van der Waals surface area contributed by atoms with Crippen LogP contribution in [0.3, 0.4) is 0 Å². The molecule has 0 bridgehead atoms. The minimum absolute atomic E-state index is 0.0381. The van der Waals surface area contributed by atoms with E-state index in [1.807, 2.05) is 0 Å². The summed E-state index contributed by atoms with van der Waals surface area (Å²) in [7, 11) is 0. The van der Waals surface area contributed by atoms with Gasteiger partial charge in [-0.25, -0.2) is 9.18 Å². The summed E-state index contributed by atoms with van der Waals surface area (Å²) in [5.74, 6) is -3.27. The molecule has 2 amide bonds. The Labute approximate surface area is 176 Å². The van der Waals surface area contributed by atoms with Crippen LogP contribution in [0.1, 0.15) is 46.2 Å². The van der Waals surface area contributed by atoms with E-state index in [1.54, 1.807) is 6.07 Å². The lowest BCUT2D eigenvalue weighted by Crippen LogP contribution is -2.33. The molecule has 1 fully saturated rings. The number of cyclic esters (lactones) is 1. The average Bonchev–Trinajstić information content (AvgIpc) is 3.35. The molecule has 1 unspecified atom stereocenters. The number of carbonyl (C=O) groups excluding carboxylic acids is 4. The second-order valence-corrected chi connectivity index (χ2v) is 7.57. The molecule has 31 heavy (non-hydrogen) atoms. The Bertz CT molecular complexity index is 1050. The van der Waals surface area contributed by atoms with Crippen molar-refractivity contribution in [2.24, 2.45) is 5.92 Å². The lowest BCUT2D eigenvalue weighted by Gasteiger charge is -2.17. The number of aryl methyl sites for hydroxylation is 1. The molecule has 1 N–H and O–H groups in total. The van der Waals surface area contributed by atoms with E-state index in [0.29, 0.717) is 18.4 Å². The fourth-order valence-electron chi connectivity index (χ4n) is 3.94. The predicted octanol–water partition coefficient (Wildman–Crippen LogP) is 2.29. The van der Waals surface area contributed by atoms with Crippen molar-refractivity contribution < 1.29 is 32.8 Å². The zero-order valence-corrected chi connectivity index (χ0v) is 16.7. The number of hydrogen-bond donors (Lipinski definition) is 1. The summed E-state index contributed by atoms with van der Waals surface area (Å²) < 4.78 is 25.2. The first-order chi connectivity index (χ1) is 14.8. The van der Waals surface area contributed by atoms with Crippen molar-refractivity contribution in [3.63, 3.8) is 0 Å². The van der Waals surface area contributed by atoms with E-state index in [1.165, 1.54) is 24.1 Å². The summed E-state index contributed by atoms with van der Waals surface area (Å²) in [5, 5.41) is 6.06. The molecule has 1 saturated heterocycles. The van der Waals surface area contributed by atoms with E-state index in [0.717, 1.165) is 6.07 Å². The Morgan fingerprint density at radius 2 is 2.13 bits per heavy atom. The highest BCUT2D eigenvalue weighted by molar-refractivity contribution is 6.16. The van der Waals surface area contributed by atoms with E-state index in [9.17, 15) is 19.2 Å². The largest absolute Gasteiger partial charge is 0.442 e. The molecule has 0 saturated carbocycles. The molecule has 2 atom stereocenters. The van der Waals surface area contributed by atoms with Gasteiger partial charge in [0.2, 0.25) is 17.5 Å². The number of fused-ring (bicyclic) bond motifs is 1. The number of nitrogens with zero attached hydrogens (tertiary/aromatic N) is 2. The highest BCUT2D eigenvalue weighted by Gasteiger charge is 2.37. The number of hydrogen-bond acceptors (Lipinski definition) is 7. The highest BCUT2D eigenvalue weighted by atomic mass is 19.1. The van der Waals surface area contributed by atoms with Gasteiger partial charge in [0.05, 0.1) is 36.5 Å². The van der Waals surface area contributed by atoms with Crippen LogP contribution >= 0.6 is 0 Å². The number of anilines is 1. The molecule has 2 heterocycles.